The Morgan fingerprint density at radius 3 is 2.62 bits per heavy atom. The van der Waals surface area contributed by atoms with Crippen LogP contribution in [0.25, 0.3) is 0 Å². The molecule has 1 aromatic carbocycles. The molecule has 0 aliphatic heterocycles. The van der Waals surface area contributed by atoms with E-state index < -0.39 is 0 Å². The summed E-state index contributed by atoms with van der Waals surface area (Å²) in [5.41, 5.74) is 9.08. The van der Waals surface area contributed by atoms with Crippen LogP contribution in [0.5, 0.6) is 0 Å². The van der Waals surface area contributed by atoms with Crippen molar-refractivity contribution in [3.8, 4) is 0 Å². The van der Waals surface area contributed by atoms with E-state index in [1.54, 1.807) is 0 Å². The molecule has 70 valence electrons. The number of nitrogens with one attached hydrogen (secondary N) is 1. The lowest BCUT2D eigenvalue weighted by molar-refractivity contribution is 1.29. The van der Waals surface area contributed by atoms with Crippen molar-refractivity contribution in [1.82, 2.24) is 0 Å². The molecule has 0 unspecified atom stereocenters. The van der Waals surface area contributed by atoms with Gasteiger partial charge in [0.05, 0.1) is 0 Å². The number of aryl methyl sites for hydroxylation is 2. The minimum atomic E-state index is 0.179. The Bertz CT molecular complexity index is 321. The van der Waals surface area contributed by atoms with Crippen LogP contribution in [-0.2, 0) is 5.75 Å². The van der Waals surface area contributed by atoms with Gasteiger partial charge >= 0.3 is 0 Å². The molecule has 3 heteroatoms. The van der Waals surface area contributed by atoms with Crippen LogP contribution in [0.4, 0.5) is 0 Å². The van der Waals surface area contributed by atoms with E-state index in [2.05, 4.69) is 32.0 Å². The predicted octanol–water partition coefficient (Wildman–Crippen LogP) is 2.43. The van der Waals surface area contributed by atoms with Crippen molar-refractivity contribution in [3.05, 3.63) is 34.9 Å². The highest BCUT2D eigenvalue weighted by atomic mass is 32.2. The van der Waals surface area contributed by atoms with E-state index in [1.807, 2.05) is 0 Å². The molecule has 1 rings (SSSR count). The highest BCUT2D eigenvalue weighted by Crippen LogP contribution is 2.15. The SMILES string of the molecule is Cc1ccc(CSC(=N)N)cc1C. The maximum absolute atomic E-state index is 7.08. The average molecular weight is 194 g/mol. The van der Waals surface area contributed by atoms with Crippen LogP contribution in [0.15, 0.2) is 18.2 Å². The molecule has 0 aromatic heterocycles. The zero-order valence-electron chi connectivity index (χ0n) is 7.92. The van der Waals surface area contributed by atoms with E-state index in [1.165, 1.54) is 28.5 Å². The third-order valence-corrected chi connectivity index (χ3v) is 2.75. The second-order valence-corrected chi connectivity index (χ2v) is 4.09. The molecular weight excluding hydrogens is 180 g/mol. The summed E-state index contributed by atoms with van der Waals surface area (Å²) in [7, 11) is 0. The summed E-state index contributed by atoms with van der Waals surface area (Å²) in [4.78, 5) is 0. The maximum Gasteiger partial charge on any atom is 0.151 e. The number of nitrogens with two attached hydrogens (primary N) is 1. The van der Waals surface area contributed by atoms with E-state index in [4.69, 9.17) is 11.1 Å². The molecule has 2 nitrogen and oxygen atoms in total. The number of hydrogen-bond donors (Lipinski definition) is 2. The van der Waals surface area contributed by atoms with Crippen LogP contribution in [-0.4, -0.2) is 5.17 Å². The van der Waals surface area contributed by atoms with Gasteiger partial charge < -0.3 is 5.73 Å². The van der Waals surface area contributed by atoms with Gasteiger partial charge in [-0.3, -0.25) is 5.41 Å². The Morgan fingerprint density at radius 1 is 1.38 bits per heavy atom. The molecule has 0 fully saturated rings. The summed E-state index contributed by atoms with van der Waals surface area (Å²) in [5, 5.41) is 7.26. The van der Waals surface area contributed by atoms with Crippen molar-refractivity contribution in [2.45, 2.75) is 19.6 Å². The first-order valence-electron chi connectivity index (χ1n) is 4.12. The summed E-state index contributed by atoms with van der Waals surface area (Å²) in [6, 6.07) is 6.33. The topological polar surface area (TPSA) is 49.9 Å². The third kappa shape index (κ3) is 3.11. The van der Waals surface area contributed by atoms with Crippen LogP contribution in [0.3, 0.4) is 0 Å². The Hall–Kier alpha value is -0.960. The number of thioether (sulfide) groups is 1. The first kappa shape index (κ1) is 10.1. The number of amidine groups is 1. The molecule has 13 heavy (non-hydrogen) atoms. The molecular formula is C10H14N2S. The number of hydrogen-bond acceptors (Lipinski definition) is 2. The monoisotopic (exact) mass is 194 g/mol. The molecule has 0 heterocycles. The Morgan fingerprint density at radius 2 is 2.08 bits per heavy atom. The lowest BCUT2D eigenvalue weighted by Crippen LogP contribution is -2.03. The minimum Gasteiger partial charge on any atom is -0.379 e. The lowest BCUT2D eigenvalue weighted by atomic mass is 10.1. The van der Waals surface area contributed by atoms with Crippen LogP contribution in [0.2, 0.25) is 0 Å². The predicted molar refractivity (Wildman–Crippen MR) is 59.1 cm³/mol. The molecule has 0 saturated heterocycles. The Balaban J connectivity index is 2.68. The second-order valence-electron chi connectivity index (χ2n) is 3.07. The molecule has 0 aliphatic rings. The molecule has 0 saturated carbocycles. The van der Waals surface area contributed by atoms with Gasteiger partial charge in [-0.05, 0) is 30.5 Å². The van der Waals surface area contributed by atoms with Gasteiger partial charge in [0, 0.05) is 5.75 Å². The highest BCUT2D eigenvalue weighted by Gasteiger charge is 1.97. The number of benzene rings is 1. The van der Waals surface area contributed by atoms with Gasteiger partial charge in [0.2, 0.25) is 0 Å². The van der Waals surface area contributed by atoms with Gasteiger partial charge in [0.15, 0.2) is 5.17 Å². The van der Waals surface area contributed by atoms with Crippen molar-refractivity contribution < 1.29 is 0 Å². The smallest absolute Gasteiger partial charge is 0.151 e. The molecule has 0 bridgehead atoms. The quantitative estimate of drug-likeness (QED) is 0.561. The maximum atomic E-state index is 7.08. The third-order valence-electron chi connectivity index (χ3n) is 1.97. The molecule has 0 spiro atoms. The molecule has 0 aliphatic carbocycles. The highest BCUT2D eigenvalue weighted by molar-refractivity contribution is 8.13. The molecule has 0 amide bonds. The first-order valence-corrected chi connectivity index (χ1v) is 5.11. The lowest BCUT2D eigenvalue weighted by Gasteiger charge is -2.03. The number of rotatable bonds is 2. The van der Waals surface area contributed by atoms with Crippen LogP contribution < -0.4 is 5.73 Å². The Labute approximate surface area is 83.0 Å². The van der Waals surface area contributed by atoms with Crippen LogP contribution in [0.1, 0.15) is 16.7 Å². The molecule has 3 N–H and O–H groups in total. The van der Waals surface area contributed by atoms with Crippen molar-refractivity contribution in [2.75, 3.05) is 0 Å². The van der Waals surface area contributed by atoms with Gasteiger partial charge in [0.1, 0.15) is 0 Å². The zero-order valence-corrected chi connectivity index (χ0v) is 8.74. The van der Waals surface area contributed by atoms with Crippen LogP contribution >= 0.6 is 11.8 Å². The molecule has 0 radical (unpaired) electrons. The fourth-order valence-electron chi connectivity index (χ4n) is 1.05. The normalized spacial score (nSPS) is 10.0. The van der Waals surface area contributed by atoms with Gasteiger partial charge in [-0.15, -0.1) is 0 Å². The van der Waals surface area contributed by atoms with Crippen molar-refractivity contribution >= 4 is 16.9 Å². The molecule has 1 aromatic rings. The fourth-order valence-corrected chi connectivity index (χ4v) is 1.56. The van der Waals surface area contributed by atoms with E-state index in [0.717, 1.165) is 5.75 Å². The average Bonchev–Trinajstić information content (AvgIpc) is 2.07. The minimum absolute atomic E-state index is 0.179. The summed E-state index contributed by atoms with van der Waals surface area (Å²) >= 11 is 1.36. The van der Waals surface area contributed by atoms with Gasteiger partial charge in [-0.1, -0.05) is 30.0 Å². The standard InChI is InChI=1S/C10H14N2S/c1-7-3-4-9(5-8(7)2)6-13-10(11)12/h3-5H,6H2,1-2H3,(H3,11,12). The van der Waals surface area contributed by atoms with E-state index in [9.17, 15) is 0 Å². The zero-order chi connectivity index (χ0) is 9.84. The van der Waals surface area contributed by atoms with Crippen LogP contribution in [0, 0.1) is 19.3 Å². The summed E-state index contributed by atoms with van der Waals surface area (Å²) < 4.78 is 0. The fraction of sp³-hybridized carbons (Fsp3) is 0.300. The molecule has 0 atom stereocenters. The van der Waals surface area contributed by atoms with Gasteiger partial charge in [-0.2, -0.15) is 0 Å². The van der Waals surface area contributed by atoms with E-state index >= 15 is 0 Å². The van der Waals surface area contributed by atoms with Gasteiger partial charge in [0.25, 0.3) is 0 Å². The second kappa shape index (κ2) is 4.33. The van der Waals surface area contributed by atoms with Crippen molar-refractivity contribution in [3.63, 3.8) is 0 Å². The van der Waals surface area contributed by atoms with Crippen molar-refractivity contribution in [2.24, 2.45) is 5.73 Å². The largest absolute Gasteiger partial charge is 0.379 e. The Kier molecular flexibility index (Phi) is 3.37. The van der Waals surface area contributed by atoms with Crippen molar-refractivity contribution in [1.29, 1.82) is 5.41 Å². The summed E-state index contributed by atoms with van der Waals surface area (Å²) in [5.74, 6) is 0.788. The van der Waals surface area contributed by atoms with Gasteiger partial charge in [-0.25, -0.2) is 0 Å². The summed E-state index contributed by atoms with van der Waals surface area (Å²) in [6.45, 7) is 4.19. The first-order chi connectivity index (χ1) is 6.09. The van der Waals surface area contributed by atoms with E-state index in [0.29, 0.717) is 0 Å². The van der Waals surface area contributed by atoms with E-state index in [-0.39, 0.29) is 5.17 Å². The summed E-state index contributed by atoms with van der Waals surface area (Å²) in [6.07, 6.45) is 0.